The van der Waals surface area contributed by atoms with Crippen LogP contribution in [0, 0.1) is 0 Å². The molecule has 1 rings (SSSR count). The number of ether oxygens (including phenoxy) is 1. The number of aliphatic hydroxyl groups is 1. The zero-order valence-electron chi connectivity index (χ0n) is 11.0. The van der Waals surface area contributed by atoms with Gasteiger partial charge in [-0.1, -0.05) is 12.1 Å². The lowest BCUT2D eigenvalue weighted by atomic mass is 10.2. The molecular weight excluding hydrogens is 250 g/mol. The Balaban J connectivity index is 0.00000289. The van der Waals surface area contributed by atoms with Gasteiger partial charge >= 0.3 is 0 Å². The summed E-state index contributed by atoms with van der Waals surface area (Å²) < 4.78 is 5.45. The van der Waals surface area contributed by atoms with Crippen molar-refractivity contribution in [3.05, 3.63) is 29.8 Å². The number of hydrogen-bond donors (Lipinski definition) is 2. The number of rotatable bonds is 9. The molecule has 2 N–H and O–H groups in total. The number of aliphatic hydroxyl groups excluding tert-OH is 1. The zero-order chi connectivity index (χ0) is 12.3. The van der Waals surface area contributed by atoms with Crippen LogP contribution in [0.3, 0.4) is 0 Å². The van der Waals surface area contributed by atoms with Crippen molar-refractivity contribution in [3.63, 3.8) is 0 Å². The third-order valence-electron chi connectivity index (χ3n) is 2.55. The molecule has 18 heavy (non-hydrogen) atoms. The Morgan fingerprint density at radius 3 is 2.78 bits per heavy atom. The topological polar surface area (TPSA) is 41.5 Å². The predicted molar refractivity (Wildman–Crippen MR) is 77.5 cm³/mol. The SMILES string of the molecule is CCOc1cccc(CNCCCCCO)c1.Cl. The molecule has 3 nitrogen and oxygen atoms in total. The fourth-order valence-electron chi connectivity index (χ4n) is 1.68. The van der Waals surface area contributed by atoms with E-state index < -0.39 is 0 Å². The fourth-order valence-corrected chi connectivity index (χ4v) is 1.68. The van der Waals surface area contributed by atoms with Crippen molar-refractivity contribution in [2.24, 2.45) is 0 Å². The van der Waals surface area contributed by atoms with E-state index in [4.69, 9.17) is 9.84 Å². The van der Waals surface area contributed by atoms with E-state index in [-0.39, 0.29) is 12.4 Å². The summed E-state index contributed by atoms with van der Waals surface area (Å²) in [6, 6.07) is 8.18. The molecule has 0 amide bonds. The van der Waals surface area contributed by atoms with Gasteiger partial charge < -0.3 is 15.2 Å². The number of halogens is 1. The average molecular weight is 274 g/mol. The number of benzene rings is 1. The van der Waals surface area contributed by atoms with Gasteiger partial charge in [0, 0.05) is 13.2 Å². The maximum absolute atomic E-state index is 8.65. The molecule has 0 saturated heterocycles. The van der Waals surface area contributed by atoms with E-state index in [0.29, 0.717) is 13.2 Å². The third-order valence-corrected chi connectivity index (χ3v) is 2.55. The molecule has 0 spiro atoms. The lowest BCUT2D eigenvalue weighted by molar-refractivity contribution is 0.283. The van der Waals surface area contributed by atoms with Gasteiger partial charge in [0.15, 0.2) is 0 Å². The summed E-state index contributed by atoms with van der Waals surface area (Å²) in [4.78, 5) is 0. The Labute approximate surface area is 116 Å². The van der Waals surface area contributed by atoms with Gasteiger partial charge in [-0.2, -0.15) is 0 Å². The molecule has 0 heterocycles. The van der Waals surface area contributed by atoms with Crippen LogP contribution in [-0.4, -0.2) is 24.9 Å². The van der Waals surface area contributed by atoms with Crippen molar-refractivity contribution in [2.45, 2.75) is 32.7 Å². The van der Waals surface area contributed by atoms with E-state index in [1.54, 1.807) is 0 Å². The van der Waals surface area contributed by atoms with Gasteiger partial charge in [0.25, 0.3) is 0 Å². The van der Waals surface area contributed by atoms with Crippen LogP contribution < -0.4 is 10.1 Å². The van der Waals surface area contributed by atoms with Crippen LogP contribution in [0.1, 0.15) is 31.7 Å². The monoisotopic (exact) mass is 273 g/mol. The average Bonchev–Trinajstić information content (AvgIpc) is 2.35. The van der Waals surface area contributed by atoms with Gasteiger partial charge in [-0.3, -0.25) is 0 Å². The van der Waals surface area contributed by atoms with Crippen LogP contribution in [0.4, 0.5) is 0 Å². The number of unbranched alkanes of at least 4 members (excludes halogenated alkanes) is 2. The molecule has 0 aliphatic rings. The Morgan fingerprint density at radius 1 is 1.22 bits per heavy atom. The van der Waals surface area contributed by atoms with E-state index >= 15 is 0 Å². The van der Waals surface area contributed by atoms with E-state index in [1.807, 2.05) is 19.1 Å². The maximum atomic E-state index is 8.65. The molecule has 0 fully saturated rings. The van der Waals surface area contributed by atoms with Gasteiger partial charge in [0.1, 0.15) is 5.75 Å². The quantitative estimate of drug-likeness (QED) is 0.680. The minimum atomic E-state index is 0. The molecule has 0 unspecified atom stereocenters. The molecule has 0 aliphatic carbocycles. The van der Waals surface area contributed by atoms with E-state index in [9.17, 15) is 0 Å². The summed E-state index contributed by atoms with van der Waals surface area (Å²) in [5, 5.41) is 12.0. The first-order valence-corrected chi connectivity index (χ1v) is 6.40. The smallest absolute Gasteiger partial charge is 0.119 e. The van der Waals surface area contributed by atoms with Crippen LogP contribution in [0.5, 0.6) is 5.75 Å². The Hall–Kier alpha value is -0.770. The van der Waals surface area contributed by atoms with Crippen LogP contribution in [0.15, 0.2) is 24.3 Å². The number of hydrogen-bond acceptors (Lipinski definition) is 3. The van der Waals surface area contributed by atoms with Crippen molar-refractivity contribution in [1.82, 2.24) is 5.32 Å². The van der Waals surface area contributed by atoms with Gasteiger partial charge in [-0.25, -0.2) is 0 Å². The largest absolute Gasteiger partial charge is 0.494 e. The molecule has 0 saturated carbocycles. The molecule has 104 valence electrons. The Kier molecular flexibility index (Phi) is 10.8. The summed E-state index contributed by atoms with van der Waals surface area (Å²) in [7, 11) is 0. The molecule has 0 bridgehead atoms. The van der Waals surface area contributed by atoms with E-state index in [2.05, 4.69) is 17.4 Å². The maximum Gasteiger partial charge on any atom is 0.119 e. The van der Waals surface area contributed by atoms with Crippen molar-refractivity contribution >= 4 is 12.4 Å². The highest BCUT2D eigenvalue weighted by Gasteiger charge is 1.96. The highest BCUT2D eigenvalue weighted by atomic mass is 35.5. The van der Waals surface area contributed by atoms with Gasteiger partial charge in [-0.15, -0.1) is 12.4 Å². The number of nitrogens with one attached hydrogen (secondary N) is 1. The van der Waals surface area contributed by atoms with Crippen molar-refractivity contribution in [3.8, 4) is 5.75 Å². The minimum absolute atomic E-state index is 0. The zero-order valence-corrected chi connectivity index (χ0v) is 11.8. The summed E-state index contributed by atoms with van der Waals surface area (Å²) in [5.41, 5.74) is 1.25. The molecule has 0 radical (unpaired) electrons. The molecule has 0 aliphatic heterocycles. The predicted octanol–water partition coefficient (Wildman–Crippen LogP) is 2.76. The molecule has 1 aromatic carbocycles. The molecular formula is C14H24ClNO2. The second-order valence-electron chi connectivity index (χ2n) is 4.04. The molecule has 0 aromatic heterocycles. The van der Waals surface area contributed by atoms with Crippen molar-refractivity contribution < 1.29 is 9.84 Å². The van der Waals surface area contributed by atoms with Crippen LogP contribution in [0.25, 0.3) is 0 Å². The Bertz CT molecular complexity index is 308. The van der Waals surface area contributed by atoms with Crippen molar-refractivity contribution in [2.75, 3.05) is 19.8 Å². The summed E-state index contributed by atoms with van der Waals surface area (Å²) in [6.07, 6.45) is 3.11. The first-order valence-electron chi connectivity index (χ1n) is 6.40. The standard InChI is InChI=1S/C14H23NO2.ClH/c1-2-17-14-8-6-7-13(11-14)12-15-9-4-3-5-10-16;/h6-8,11,15-16H,2-5,9-10,12H2,1H3;1H. The van der Waals surface area contributed by atoms with Gasteiger partial charge in [0.05, 0.1) is 6.61 Å². The lowest BCUT2D eigenvalue weighted by Gasteiger charge is -2.07. The van der Waals surface area contributed by atoms with E-state index in [1.165, 1.54) is 5.56 Å². The summed E-state index contributed by atoms with van der Waals surface area (Å²) >= 11 is 0. The van der Waals surface area contributed by atoms with Crippen molar-refractivity contribution in [1.29, 1.82) is 0 Å². The first-order chi connectivity index (χ1) is 8.36. The highest BCUT2D eigenvalue weighted by molar-refractivity contribution is 5.85. The van der Waals surface area contributed by atoms with Gasteiger partial charge in [-0.05, 0) is 50.4 Å². The second kappa shape index (κ2) is 11.3. The molecule has 0 atom stereocenters. The minimum Gasteiger partial charge on any atom is -0.494 e. The first kappa shape index (κ1) is 17.2. The second-order valence-corrected chi connectivity index (χ2v) is 4.04. The Morgan fingerprint density at radius 2 is 2.06 bits per heavy atom. The fraction of sp³-hybridized carbons (Fsp3) is 0.571. The summed E-state index contributed by atoms with van der Waals surface area (Å²) in [5.74, 6) is 0.937. The van der Waals surface area contributed by atoms with Gasteiger partial charge in [0.2, 0.25) is 0 Å². The lowest BCUT2D eigenvalue weighted by Crippen LogP contribution is -2.14. The van der Waals surface area contributed by atoms with Crippen LogP contribution in [0.2, 0.25) is 0 Å². The molecule has 1 aromatic rings. The summed E-state index contributed by atoms with van der Waals surface area (Å²) in [6.45, 7) is 4.87. The molecule has 4 heteroatoms. The normalized spacial score (nSPS) is 9.89. The van der Waals surface area contributed by atoms with Crippen LogP contribution in [-0.2, 0) is 6.54 Å². The van der Waals surface area contributed by atoms with E-state index in [0.717, 1.165) is 38.1 Å². The highest BCUT2D eigenvalue weighted by Crippen LogP contribution is 2.12. The third kappa shape index (κ3) is 7.54. The van der Waals surface area contributed by atoms with Crippen LogP contribution >= 0.6 is 12.4 Å².